The number of non-ortho nitro benzene ring substituents is 1. The van der Waals surface area contributed by atoms with Gasteiger partial charge in [0.2, 0.25) is 10.0 Å². The van der Waals surface area contributed by atoms with E-state index in [0.29, 0.717) is 0 Å². The molecule has 0 aliphatic carbocycles. The summed E-state index contributed by atoms with van der Waals surface area (Å²) in [7, 11) is -3.92. The molecule has 1 unspecified atom stereocenters. The average Bonchev–Trinajstić information content (AvgIpc) is 2.26. The van der Waals surface area contributed by atoms with Crippen LogP contribution in [-0.4, -0.2) is 19.4 Å². The molecule has 0 bridgehead atoms. The second-order valence-corrected chi connectivity index (χ2v) is 7.67. The highest BCUT2D eigenvalue weighted by atomic mass is 35.5. The van der Waals surface area contributed by atoms with Gasteiger partial charge in [0, 0.05) is 18.2 Å². The number of nitrogens with zero attached hydrogens (tertiary/aromatic N) is 1. The first-order valence-electron chi connectivity index (χ1n) is 5.91. The number of nitro benzene ring substituents is 1. The van der Waals surface area contributed by atoms with Gasteiger partial charge in [-0.15, -0.1) is 0 Å². The van der Waals surface area contributed by atoms with Gasteiger partial charge in [-0.2, -0.15) is 0 Å². The van der Waals surface area contributed by atoms with Crippen LogP contribution in [0.4, 0.5) is 5.69 Å². The van der Waals surface area contributed by atoms with Crippen molar-refractivity contribution in [2.24, 2.45) is 5.41 Å². The van der Waals surface area contributed by atoms with E-state index in [9.17, 15) is 18.5 Å². The van der Waals surface area contributed by atoms with Gasteiger partial charge in [-0.25, -0.2) is 13.1 Å². The SMILES string of the molecule is CC(NS(=O)(=O)c1cc([N+](=O)[O-])ccc1Cl)C(C)(C)C. The van der Waals surface area contributed by atoms with E-state index in [0.717, 1.165) is 12.1 Å². The standard InChI is InChI=1S/C12H17ClN2O4S/c1-8(12(2,3)4)14-20(18,19)11-7-9(15(16)17)5-6-10(11)13/h5-8,14H,1-4H3. The molecule has 1 aromatic carbocycles. The zero-order chi connectivity index (χ0) is 15.7. The molecule has 1 rings (SSSR count). The third-order valence-electron chi connectivity index (χ3n) is 3.05. The molecule has 0 amide bonds. The van der Waals surface area contributed by atoms with Crippen LogP contribution in [0.3, 0.4) is 0 Å². The van der Waals surface area contributed by atoms with Gasteiger partial charge in [0.25, 0.3) is 5.69 Å². The van der Waals surface area contributed by atoms with E-state index >= 15 is 0 Å². The van der Waals surface area contributed by atoms with Crippen LogP contribution in [0.15, 0.2) is 23.1 Å². The normalized spacial score (nSPS) is 14.1. The minimum Gasteiger partial charge on any atom is -0.258 e. The summed E-state index contributed by atoms with van der Waals surface area (Å²) in [4.78, 5) is 9.77. The third-order valence-corrected chi connectivity index (χ3v) is 5.07. The molecule has 0 heterocycles. The molecular formula is C12H17ClN2O4S. The van der Waals surface area contributed by atoms with Crippen molar-refractivity contribution in [2.75, 3.05) is 0 Å². The maximum Gasteiger partial charge on any atom is 0.270 e. The van der Waals surface area contributed by atoms with Crippen LogP contribution in [0.2, 0.25) is 5.02 Å². The van der Waals surface area contributed by atoms with Crippen LogP contribution >= 0.6 is 11.6 Å². The van der Waals surface area contributed by atoms with Crippen LogP contribution in [0.25, 0.3) is 0 Å². The minimum atomic E-state index is -3.92. The highest BCUT2D eigenvalue weighted by molar-refractivity contribution is 7.89. The molecule has 6 nitrogen and oxygen atoms in total. The lowest BCUT2D eigenvalue weighted by Gasteiger charge is -2.27. The molecule has 1 aromatic rings. The summed E-state index contributed by atoms with van der Waals surface area (Å²) in [6, 6.07) is 2.97. The second-order valence-electron chi connectivity index (χ2n) is 5.58. The molecule has 112 valence electrons. The van der Waals surface area contributed by atoms with E-state index < -0.39 is 14.9 Å². The van der Waals surface area contributed by atoms with E-state index in [2.05, 4.69) is 4.72 Å². The number of nitrogens with one attached hydrogen (secondary N) is 1. The largest absolute Gasteiger partial charge is 0.270 e. The predicted octanol–water partition coefficient (Wildman–Crippen LogP) is 2.96. The third kappa shape index (κ3) is 3.91. The zero-order valence-corrected chi connectivity index (χ0v) is 13.2. The van der Waals surface area contributed by atoms with Crippen LogP contribution in [0.5, 0.6) is 0 Å². The Balaban J connectivity index is 3.22. The van der Waals surface area contributed by atoms with Gasteiger partial charge in [0.05, 0.1) is 9.95 Å². The van der Waals surface area contributed by atoms with Gasteiger partial charge in [-0.3, -0.25) is 10.1 Å². The fourth-order valence-corrected chi connectivity index (χ4v) is 3.25. The fourth-order valence-electron chi connectivity index (χ4n) is 1.28. The first-order chi connectivity index (χ1) is 8.95. The Hall–Kier alpha value is -1.18. The minimum absolute atomic E-state index is 0.0517. The highest BCUT2D eigenvalue weighted by Crippen LogP contribution is 2.27. The molecular weight excluding hydrogens is 304 g/mol. The Bertz CT molecular complexity index is 623. The number of sulfonamides is 1. The van der Waals surface area contributed by atoms with Gasteiger partial charge in [-0.1, -0.05) is 32.4 Å². The molecule has 1 N–H and O–H groups in total. The summed E-state index contributed by atoms with van der Waals surface area (Å²) in [6.45, 7) is 7.38. The lowest BCUT2D eigenvalue weighted by atomic mass is 9.89. The van der Waals surface area contributed by atoms with E-state index in [4.69, 9.17) is 11.6 Å². The fraction of sp³-hybridized carbons (Fsp3) is 0.500. The van der Waals surface area contributed by atoms with E-state index in [1.54, 1.807) is 6.92 Å². The Morgan fingerprint density at radius 1 is 1.35 bits per heavy atom. The Kier molecular flexibility index (Phi) is 4.78. The van der Waals surface area contributed by atoms with Gasteiger partial charge >= 0.3 is 0 Å². The maximum atomic E-state index is 12.3. The molecule has 0 fully saturated rings. The van der Waals surface area contributed by atoms with E-state index in [-0.39, 0.29) is 27.1 Å². The van der Waals surface area contributed by atoms with Crippen molar-refractivity contribution in [1.29, 1.82) is 0 Å². The summed E-state index contributed by atoms with van der Waals surface area (Å²) in [5.41, 5.74) is -0.613. The second kappa shape index (κ2) is 5.67. The van der Waals surface area contributed by atoms with Crippen LogP contribution in [-0.2, 0) is 10.0 Å². The van der Waals surface area contributed by atoms with Crippen molar-refractivity contribution >= 4 is 27.3 Å². The summed E-state index contributed by atoms with van der Waals surface area (Å²) in [5.74, 6) is 0. The first kappa shape index (κ1) is 16.9. The highest BCUT2D eigenvalue weighted by Gasteiger charge is 2.28. The number of hydrogen-bond acceptors (Lipinski definition) is 4. The molecule has 0 spiro atoms. The Morgan fingerprint density at radius 3 is 2.35 bits per heavy atom. The first-order valence-corrected chi connectivity index (χ1v) is 7.77. The van der Waals surface area contributed by atoms with Crippen molar-refractivity contribution < 1.29 is 13.3 Å². The number of benzene rings is 1. The van der Waals surface area contributed by atoms with Crippen LogP contribution < -0.4 is 4.72 Å². The zero-order valence-electron chi connectivity index (χ0n) is 11.7. The van der Waals surface area contributed by atoms with E-state index in [1.165, 1.54) is 6.07 Å². The number of hydrogen-bond donors (Lipinski definition) is 1. The Labute approximate surface area is 123 Å². The quantitative estimate of drug-likeness (QED) is 0.682. The van der Waals surface area contributed by atoms with Crippen molar-refractivity contribution in [3.05, 3.63) is 33.3 Å². The molecule has 0 saturated heterocycles. The summed E-state index contributed by atoms with van der Waals surface area (Å²) in [5, 5.41) is 10.7. The van der Waals surface area contributed by atoms with Crippen molar-refractivity contribution in [3.63, 3.8) is 0 Å². The monoisotopic (exact) mass is 320 g/mol. The number of halogens is 1. The molecule has 0 radical (unpaired) electrons. The predicted molar refractivity (Wildman–Crippen MR) is 77.3 cm³/mol. The molecule has 0 aliphatic rings. The lowest BCUT2D eigenvalue weighted by Crippen LogP contribution is -2.41. The van der Waals surface area contributed by atoms with Gasteiger partial charge < -0.3 is 0 Å². The van der Waals surface area contributed by atoms with Crippen LogP contribution in [0.1, 0.15) is 27.7 Å². The number of rotatable bonds is 4. The average molecular weight is 321 g/mol. The molecule has 0 saturated carbocycles. The van der Waals surface area contributed by atoms with E-state index in [1.807, 2.05) is 20.8 Å². The topological polar surface area (TPSA) is 89.3 Å². The molecule has 20 heavy (non-hydrogen) atoms. The molecule has 1 atom stereocenters. The molecule has 0 aliphatic heterocycles. The lowest BCUT2D eigenvalue weighted by molar-refractivity contribution is -0.385. The van der Waals surface area contributed by atoms with Gasteiger partial charge in [-0.05, 0) is 18.4 Å². The summed E-state index contributed by atoms with van der Waals surface area (Å²) in [6.07, 6.45) is 0. The van der Waals surface area contributed by atoms with Gasteiger partial charge in [0.1, 0.15) is 4.90 Å². The maximum absolute atomic E-state index is 12.3. The smallest absolute Gasteiger partial charge is 0.258 e. The Morgan fingerprint density at radius 2 is 1.90 bits per heavy atom. The molecule has 0 aromatic heterocycles. The van der Waals surface area contributed by atoms with Crippen LogP contribution in [0, 0.1) is 15.5 Å². The summed E-state index contributed by atoms with van der Waals surface area (Å²) >= 11 is 5.84. The molecule has 8 heteroatoms. The van der Waals surface area contributed by atoms with Crippen molar-refractivity contribution in [2.45, 2.75) is 38.6 Å². The summed E-state index contributed by atoms with van der Waals surface area (Å²) < 4.78 is 27.0. The van der Waals surface area contributed by atoms with Gasteiger partial charge in [0.15, 0.2) is 0 Å². The van der Waals surface area contributed by atoms with Crippen molar-refractivity contribution in [1.82, 2.24) is 4.72 Å². The van der Waals surface area contributed by atoms with Crippen molar-refractivity contribution in [3.8, 4) is 0 Å². The number of nitro groups is 1.